The summed E-state index contributed by atoms with van der Waals surface area (Å²) >= 11 is 0. The number of carboxylic acid groups (broad SMARTS) is 1. The van der Waals surface area contributed by atoms with Crippen molar-refractivity contribution in [1.82, 2.24) is 25.1 Å². The lowest BCUT2D eigenvalue weighted by atomic mass is 9.79. The Labute approximate surface area is 154 Å². The van der Waals surface area contributed by atoms with Crippen molar-refractivity contribution >= 4 is 6.09 Å². The van der Waals surface area contributed by atoms with Crippen LogP contribution in [0.2, 0.25) is 0 Å². The van der Waals surface area contributed by atoms with Gasteiger partial charge in [0.05, 0.1) is 5.69 Å². The van der Waals surface area contributed by atoms with Gasteiger partial charge in [0, 0.05) is 17.7 Å². The van der Waals surface area contributed by atoms with Crippen LogP contribution in [-0.4, -0.2) is 37.0 Å². The van der Waals surface area contributed by atoms with Crippen LogP contribution in [0.3, 0.4) is 0 Å². The first-order chi connectivity index (χ1) is 13.0. The van der Waals surface area contributed by atoms with E-state index >= 15 is 0 Å². The number of pyridine rings is 1. The first-order valence-corrected chi connectivity index (χ1v) is 8.66. The number of nitrogens with zero attached hydrogens (tertiary/aromatic N) is 4. The molecular weight excluding hydrogens is 349 g/mol. The quantitative estimate of drug-likeness (QED) is 0.738. The lowest BCUT2D eigenvalue weighted by Gasteiger charge is -2.34. The first-order valence-electron chi connectivity index (χ1n) is 8.66. The predicted molar refractivity (Wildman–Crippen MR) is 96.2 cm³/mol. The van der Waals surface area contributed by atoms with Crippen molar-refractivity contribution in [3.8, 4) is 17.2 Å². The maximum absolute atomic E-state index is 14.6. The maximum Gasteiger partial charge on any atom is 0.404 e. The largest absolute Gasteiger partial charge is 0.465 e. The minimum atomic E-state index is -1.04. The average molecular weight is 367 g/mol. The van der Waals surface area contributed by atoms with Crippen molar-refractivity contribution in [2.75, 3.05) is 0 Å². The Morgan fingerprint density at radius 3 is 2.67 bits per heavy atom. The van der Waals surface area contributed by atoms with E-state index in [-0.39, 0.29) is 17.8 Å². The summed E-state index contributed by atoms with van der Waals surface area (Å²) in [5.74, 6) is 0.690. The SMILES string of the molecule is Cc1cccc(-c2nnc(C3CC(NC(=O)O)C3)n2-c2ccccc2F)n1. The fourth-order valence-electron chi connectivity index (χ4n) is 3.39. The van der Waals surface area contributed by atoms with Crippen LogP contribution < -0.4 is 5.32 Å². The molecule has 7 nitrogen and oxygen atoms in total. The Hall–Kier alpha value is -3.29. The molecule has 0 bridgehead atoms. The van der Waals surface area contributed by atoms with Gasteiger partial charge in [0.2, 0.25) is 0 Å². The van der Waals surface area contributed by atoms with Gasteiger partial charge in [0.15, 0.2) is 5.82 Å². The fraction of sp³-hybridized carbons (Fsp3) is 0.263. The van der Waals surface area contributed by atoms with E-state index in [4.69, 9.17) is 5.11 Å². The van der Waals surface area contributed by atoms with Gasteiger partial charge >= 0.3 is 6.09 Å². The molecule has 1 fully saturated rings. The van der Waals surface area contributed by atoms with Crippen LogP contribution in [0.1, 0.15) is 30.3 Å². The molecule has 138 valence electrons. The highest BCUT2D eigenvalue weighted by atomic mass is 19.1. The van der Waals surface area contributed by atoms with Crippen LogP contribution >= 0.6 is 0 Å². The van der Waals surface area contributed by atoms with Gasteiger partial charge in [-0.25, -0.2) is 14.2 Å². The second-order valence-corrected chi connectivity index (χ2v) is 6.65. The molecule has 0 radical (unpaired) electrons. The van der Waals surface area contributed by atoms with Crippen LogP contribution in [-0.2, 0) is 0 Å². The summed E-state index contributed by atoms with van der Waals surface area (Å²) in [6.45, 7) is 1.88. The number of amides is 1. The van der Waals surface area contributed by atoms with Gasteiger partial charge in [-0.3, -0.25) is 4.57 Å². The van der Waals surface area contributed by atoms with Crippen molar-refractivity contribution in [1.29, 1.82) is 0 Å². The Bertz CT molecular complexity index is 997. The van der Waals surface area contributed by atoms with E-state index < -0.39 is 6.09 Å². The number of hydrogen-bond acceptors (Lipinski definition) is 4. The molecule has 0 aliphatic heterocycles. The predicted octanol–water partition coefficient (Wildman–Crippen LogP) is 3.29. The highest BCUT2D eigenvalue weighted by molar-refractivity contribution is 5.65. The standard InChI is InChI=1S/C19H18FN5O2/c1-11-5-4-7-15(21-11)18-24-23-17(12-9-13(10-12)22-19(26)27)25(18)16-8-3-2-6-14(16)20/h2-8,12-13,22H,9-10H2,1H3,(H,26,27). The Morgan fingerprint density at radius 1 is 1.19 bits per heavy atom. The number of aryl methyl sites for hydroxylation is 1. The zero-order chi connectivity index (χ0) is 19.0. The minimum Gasteiger partial charge on any atom is -0.465 e. The van der Waals surface area contributed by atoms with Crippen molar-refractivity contribution in [3.63, 3.8) is 0 Å². The number of halogens is 1. The lowest BCUT2D eigenvalue weighted by Crippen LogP contribution is -2.43. The zero-order valence-electron chi connectivity index (χ0n) is 14.6. The molecule has 1 aromatic carbocycles. The highest BCUT2D eigenvalue weighted by Crippen LogP contribution is 2.38. The van der Waals surface area contributed by atoms with E-state index in [1.807, 2.05) is 25.1 Å². The Morgan fingerprint density at radius 2 is 1.96 bits per heavy atom. The van der Waals surface area contributed by atoms with Gasteiger partial charge in [-0.15, -0.1) is 10.2 Å². The van der Waals surface area contributed by atoms with Gasteiger partial charge in [-0.05, 0) is 44.0 Å². The summed E-state index contributed by atoms with van der Waals surface area (Å²) in [6.07, 6.45) is 0.152. The van der Waals surface area contributed by atoms with Gasteiger partial charge in [-0.2, -0.15) is 0 Å². The molecule has 0 unspecified atom stereocenters. The molecule has 0 atom stereocenters. The van der Waals surface area contributed by atoms with E-state index in [2.05, 4.69) is 20.5 Å². The highest BCUT2D eigenvalue weighted by Gasteiger charge is 2.36. The molecule has 0 saturated heterocycles. The third-order valence-electron chi connectivity index (χ3n) is 4.73. The van der Waals surface area contributed by atoms with Gasteiger partial charge < -0.3 is 10.4 Å². The lowest BCUT2D eigenvalue weighted by molar-refractivity contribution is 0.176. The van der Waals surface area contributed by atoms with Crippen LogP contribution in [0.15, 0.2) is 42.5 Å². The van der Waals surface area contributed by atoms with Crippen LogP contribution in [0.25, 0.3) is 17.2 Å². The number of benzene rings is 1. The molecule has 8 heteroatoms. The van der Waals surface area contributed by atoms with E-state index in [1.54, 1.807) is 22.8 Å². The number of para-hydroxylation sites is 1. The van der Waals surface area contributed by atoms with Crippen LogP contribution in [0, 0.1) is 12.7 Å². The maximum atomic E-state index is 14.6. The molecule has 4 rings (SSSR count). The summed E-state index contributed by atoms with van der Waals surface area (Å²) in [5.41, 5.74) is 1.79. The molecule has 0 spiro atoms. The molecule has 1 amide bonds. The van der Waals surface area contributed by atoms with Gasteiger partial charge in [0.1, 0.15) is 17.3 Å². The zero-order valence-corrected chi connectivity index (χ0v) is 14.6. The monoisotopic (exact) mass is 367 g/mol. The topological polar surface area (TPSA) is 92.9 Å². The molecule has 2 N–H and O–H groups in total. The summed E-state index contributed by atoms with van der Waals surface area (Å²) in [7, 11) is 0. The van der Waals surface area contributed by atoms with E-state index in [0.29, 0.717) is 35.9 Å². The summed E-state index contributed by atoms with van der Waals surface area (Å²) in [4.78, 5) is 15.3. The van der Waals surface area contributed by atoms with E-state index in [1.165, 1.54) is 6.07 Å². The smallest absolute Gasteiger partial charge is 0.404 e. The summed E-state index contributed by atoms with van der Waals surface area (Å²) in [6, 6.07) is 11.9. The average Bonchev–Trinajstić information content (AvgIpc) is 3.02. The second-order valence-electron chi connectivity index (χ2n) is 6.65. The van der Waals surface area contributed by atoms with Crippen molar-refractivity contribution in [3.05, 3.63) is 59.8 Å². The molecule has 1 saturated carbocycles. The molecule has 2 heterocycles. The number of carbonyl (C=O) groups is 1. The summed E-state index contributed by atoms with van der Waals surface area (Å²) < 4.78 is 16.2. The molecule has 27 heavy (non-hydrogen) atoms. The first kappa shape index (κ1) is 17.1. The number of rotatable bonds is 4. The fourth-order valence-corrected chi connectivity index (χ4v) is 3.39. The third kappa shape index (κ3) is 3.25. The van der Waals surface area contributed by atoms with Crippen molar-refractivity contribution < 1.29 is 14.3 Å². The van der Waals surface area contributed by atoms with Crippen molar-refractivity contribution in [2.24, 2.45) is 0 Å². The third-order valence-corrected chi connectivity index (χ3v) is 4.73. The number of nitrogens with one attached hydrogen (secondary N) is 1. The minimum absolute atomic E-state index is 0.00693. The molecular formula is C19H18FN5O2. The number of aromatic nitrogens is 4. The molecule has 1 aliphatic rings. The number of hydrogen-bond donors (Lipinski definition) is 2. The Balaban J connectivity index is 1.77. The summed E-state index contributed by atoms with van der Waals surface area (Å²) in [5, 5.41) is 19.9. The molecule has 3 aromatic rings. The Kier molecular flexibility index (Phi) is 4.31. The van der Waals surface area contributed by atoms with Crippen LogP contribution in [0.5, 0.6) is 0 Å². The van der Waals surface area contributed by atoms with E-state index in [0.717, 1.165) is 5.69 Å². The van der Waals surface area contributed by atoms with Crippen molar-refractivity contribution in [2.45, 2.75) is 31.7 Å². The molecule has 1 aliphatic carbocycles. The van der Waals surface area contributed by atoms with E-state index in [9.17, 15) is 9.18 Å². The van der Waals surface area contributed by atoms with Gasteiger partial charge in [-0.1, -0.05) is 18.2 Å². The normalized spacial score (nSPS) is 18.7. The second kappa shape index (κ2) is 6.79. The molecule has 2 aromatic heterocycles. The van der Waals surface area contributed by atoms with Gasteiger partial charge in [0.25, 0.3) is 0 Å². The van der Waals surface area contributed by atoms with Crippen LogP contribution in [0.4, 0.5) is 9.18 Å².